The zero-order valence-electron chi connectivity index (χ0n) is 24.4. The van der Waals surface area contributed by atoms with Gasteiger partial charge in [0.25, 0.3) is 0 Å². The van der Waals surface area contributed by atoms with Crippen molar-refractivity contribution in [2.75, 3.05) is 31.2 Å². The third-order valence-electron chi connectivity index (χ3n) is 8.76. The first-order chi connectivity index (χ1) is 20.9. The van der Waals surface area contributed by atoms with Gasteiger partial charge in [-0.05, 0) is 66.3 Å². The fourth-order valence-electron chi connectivity index (χ4n) is 6.60. The van der Waals surface area contributed by atoms with E-state index in [0.29, 0.717) is 60.4 Å². The Labute approximate surface area is 263 Å². The summed E-state index contributed by atoms with van der Waals surface area (Å²) in [6, 6.07) is 20.1. The molecule has 9 heteroatoms. The van der Waals surface area contributed by atoms with Gasteiger partial charge in [0.2, 0.25) is 11.8 Å². The molecule has 0 aliphatic carbocycles. The molecule has 0 aromatic heterocycles. The van der Waals surface area contributed by atoms with E-state index in [-0.39, 0.29) is 24.3 Å². The molecule has 0 unspecified atom stereocenters. The van der Waals surface area contributed by atoms with E-state index in [4.69, 9.17) is 32.7 Å². The molecule has 0 saturated carbocycles. The maximum atomic E-state index is 14.2. The fourth-order valence-corrected chi connectivity index (χ4v) is 7.01. The van der Waals surface area contributed by atoms with Crippen LogP contribution in [0.25, 0.3) is 0 Å². The van der Waals surface area contributed by atoms with E-state index >= 15 is 0 Å². The Balaban J connectivity index is 1.33. The van der Waals surface area contributed by atoms with Crippen LogP contribution in [0.5, 0.6) is 11.5 Å². The smallest absolute Gasteiger partial charge is 0.227 e. The predicted octanol–water partition coefficient (Wildman–Crippen LogP) is 6.52. The van der Waals surface area contributed by atoms with E-state index in [1.54, 1.807) is 6.92 Å². The van der Waals surface area contributed by atoms with Crippen LogP contribution < -0.4 is 14.4 Å². The number of fused-ring (bicyclic) bond motifs is 4. The molecule has 3 aliphatic heterocycles. The number of rotatable bonds is 4. The van der Waals surface area contributed by atoms with E-state index in [0.717, 1.165) is 49.0 Å². The Bertz CT molecular complexity index is 1480. The van der Waals surface area contributed by atoms with Gasteiger partial charge in [0.05, 0.1) is 24.7 Å². The monoisotopic (exact) mass is 621 g/mol. The number of carbonyl (C=O) groups excluding carboxylic acids is 2. The van der Waals surface area contributed by atoms with Crippen LogP contribution in [0.1, 0.15) is 49.3 Å². The lowest BCUT2D eigenvalue weighted by molar-refractivity contribution is -0.132. The number of hydrogen-bond donors (Lipinski definition) is 0. The number of benzene rings is 3. The highest BCUT2D eigenvalue weighted by Gasteiger charge is 2.36. The van der Waals surface area contributed by atoms with Crippen molar-refractivity contribution in [1.29, 1.82) is 0 Å². The number of halogens is 2. The number of nitrogens with zero attached hydrogens (tertiary/aromatic N) is 3. The quantitative estimate of drug-likeness (QED) is 0.332. The van der Waals surface area contributed by atoms with E-state index in [9.17, 15) is 9.59 Å². The summed E-state index contributed by atoms with van der Waals surface area (Å²) in [4.78, 5) is 33.5. The van der Waals surface area contributed by atoms with E-state index in [1.165, 1.54) is 5.56 Å². The zero-order valence-corrected chi connectivity index (χ0v) is 25.9. The Morgan fingerprint density at radius 2 is 1.67 bits per heavy atom. The van der Waals surface area contributed by atoms with Crippen molar-refractivity contribution in [3.05, 3.63) is 87.4 Å². The molecule has 43 heavy (non-hydrogen) atoms. The summed E-state index contributed by atoms with van der Waals surface area (Å²) in [7, 11) is 0. The lowest BCUT2D eigenvalue weighted by atomic mass is 10.1. The van der Waals surface area contributed by atoms with Gasteiger partial charge in [0.15, 0.2) is 11.5 Å². The van der Waals surface area contributed by atoms with E-state index in [2.05, 4.69) is 17.0 Å². The zero-order chi connectivity index (χ0) is 29.9. The lowest BCUT2D eigenvalue weighted by Crippen LogP contribution is -2.45. The van der Waals surface area contributed by atoms with Gasteiger partial charge in [-0.25, -0.2) is 0 Å². The molecule has 0 spiro atoms. The second-order valence-corrected chi connectivity index (χ2v) is 12.5. The van der Waals surface area contributed by atoms with Crippen LogP contribution in [0.3, 0.4) is 0 Å². The number of ether oxygens (including phenoxy) is 2. The van der Waals surface area contributed by atoms with E-state index in [1.807, 2.05) is 58.3 Å². The van der Waals surface area contributed by atoms with Crippen LogP contribution >= 0.6 is 23.2 Å². The van der Waals surface area contributed by atoms with Gasteiger partial charge in [-0.2, -0.15) is 0 Å². The van der Waals surface area contributed by atoms with Crippen molar-refractivity contribution in [1.82, 2.24) is 9.80 Å². The number of anilines is 1. The van der Waals surface area contributed by atoms with Crippen LogP contribution in [-0.4, -0.2) is 60.0 Å². The van der Waals surface area contributed by atoms with Crippen molar-refractivity contribution in [3.8, 4) is 11.5 Å². The van der Waals surface area contributed by atoms with Crippen molar-refractivity contribution >= 4 is 40.7 Å². The predicted molar refractivity (Wildman–Crippen MR) is 169 cm³/mol. The minimum atomic E-state index is 0.00359. The molecular formula is C34H37Cl2N3O4. The Morgan fingerprint density at radius 1 is 0.907 bits per heavy atom. The van der Waals surface area contributed by atoms with Crippen molar-refractivity contribution in [2.45, 2.75) is 64.2 Å². The highest BCUT2D eigenvalue weighted by Crippen LogP contribution is 2.38. The van der Waals surface area contributed by atoms with Crippen LogP contribution in [0.2, 0.25) is 10.0 Å². The summed E-state index contributed by atoms with van der Waals surface area (Å²) in [6.07, 6.45) is 3.83. The molecule has 0 N–H and O–H groups in total. The van der Waals surface area contributed by atoms with Crippen LogP contribution in [0.4, 0.5) is 5.69 Å². The van der Waals surface area contributed by atoms with Gasteiger partial charge in [0, 0.05) is 62.3 Å². The third-order valence-corrected chi connectivity index (χ3v) is 9.29. The Hall–Kier alpha value is -3.26. The van der Waals surface area contributed by atoms with Gasteiger partial charge in [0.1, 0.15) is 0 Å². The molecule has 226 valence electrons. The Morgan fingerprint density at radius 3 is 2.49 bits per heavy atom. The number of para-hydroxylation sites is 1. The average Bonchev–Trinajstić information content (AvgIpc) is 3.17. The van der Waals surface area contributed by atoms with E-state index < -0.39 is 0 Å². The molecule has 7 nitrogen and oxygen atoms in total. The summed E-state index contributed by atoms with van der Waals surface area (Å²) in [6.45, 7) is 5.11. The SMILES string of the molecule is CC(=O)N1CC[C@H]2CC[C@@H](CN(C(=O)Cc3cc(Cl)c4c(c3)OCCCO4)Cc3ccccc31)N2Cc1ccc(Cl)cc1. The number of carbonyl (C=O) groups is 2. The summed E-state index contributed by atoms with van der Waals surface area (Å²) < 4.78 is 11.7. The highest BCUT2D eigenvalue weighted by molar-refractivity contribution is 6.32. The normalized spacial score (nSPS) is 20.6. The summed E-state index contributed by atoms with van der Waals surface area (Å²) in [5.74, 6) is 1.13. The van der Waals surface area contributed by atoms with Gasteiger partial charge < -0.3 is 19.3 Å². The fraction of sp³-hybridized carbons (Fsp3) is 0.412. The molecule has 1 fully saturated rings. The topological polar surface area (TPSA) is 62.3 Å². The van der Waals surface area contributed by atoms with Gasteiger partial charge in [-0.1, -0.05) is 53.5 Å². The number of hydrogen-bond acceptors (Lipinski definition) is 5. The molecule has 3 aliphatic rings. The maximum Gasteiger partial charge on any atom is 0.227 e. The molecule has 3 heterocycles. The second kappa shape index (κ2) is 13.2. The molecule has 2 atom stereocenters. The first kappa shape index (κ1) is 29.8. The van der Waals surface area contributed by atoms with Crippen LogP contribution in [0, 0.1) is 0 Å². The van der Waals surface area contributed by atoms with Crippen molar-refractivity contribution in [3.63, 3.8) is 0 Å². The minimum Gasteiger partial charge on any atom is -0.489 e. The summed E-state index contributed by atoms with van der Waals surface area (Å²) in [5.41, 5.74) is 3.80. The first-order valence-electron chi connectivity index (χ1n) is 15.1. The standard InChI is InChI=1S/C34H37Cl2N3O4/c1-23(40)38-14-13-28-11-12-29(39(28)20-24-7-9-27(35)10-8-24)22-37(21-26-5-2-3-6-31(26)38)33(41)19-25-17-30(36)34-32(18-25)42-15-4-16-43-34/h2-3,5-10,17-18,28-29H,4,11-16,19-22H2,1H3/t28-,29+/m1/s1. The molecule has 3 aromatic rings. The lowest BCUT2D eigenvalue weighted by Gasteiger charge is -2.34. The van der Waals surface area contributed by atoms with Gasteiger partial charge in [-0.15, -0.1) is 0 Å². The van der Waals surface area contributed by atoms with Crippen molar-refractivity contribution < 1.29 is 19.1 Å². The Kier molecular flexibility index (Phi) is 9.12. The van der Waals surface area contributed by atoms with Crippen molar-refractivity contribution in [2.24, 2.45) is 0 Å². The molecule has 3 aromatic carbocycles. The molecule has 0 radical (unpaired) electrons. The summed E-state index contributed by atoms with van der Waals surface area (Å²) in [5, 5.41) is 1.17. The minimum absolute atomic E-state index is 0.00359. The number of amides is 2. The second-order valence-electron chi connectivity index (χ2n) is 11.7. The van der Waals surface area contributed by atoms with Crippen LogP contribution in [0.15, 0.2) is 60.7 Å². The van der Waals surface area contributed by atoms with Gasteiger partial charge in [-0.3, -0.25) is 14.5 Å². The van der Waals surface area contributed by atoms with Crippen LogP contribution in [-0.2, 0) is 29.1 Å². The molecule has 1 saturated heterocycles. The molecule has 2 bridgehead atoms. The average molecular weight is 623 g/mol. The molecular weight excluding hydrogens is 585 g/mol. The summed E-state index contributed by atoms with van der Waals surface area (Å²) >= 11 is 12.8. The maximum absolute atomic E-state index is 14.2. The molecule has 6 rings (SSSR count). The largest absolute Gasteiger partial charge is 0.489 e. The third kappa shape index (κ3) is 6.79. The van der Waals surface area contributed by atoms with Gasteiger partial charge >= 0.3 is 0 Å². The first-order valence-corrected chi connectivity index (χ1v) is 15.8. The molecule has 2 amide bonds. The highest BCUT2D eigenvalue weighted by atomic mass is 35.5.